The molecule has 0 bridgehead atoms. The fourth-order valence-electron chi connectivity index (χ4n) is 4.19. The number of nitrogens with one attached hydrogen (secondary N) is 2. The molecule has 0 aliphatic heterocycles. The number of thiophene rings is 1. The summed E-state index contributed by atoms with van der Waals surface area (Å²) < 4.78 is 5.51. The molecule has 0 aliphatic carbocycles. The van der Waals surface area contributed by atoms with E-state index in [9.17, 15) is 9.59 Å². The summed E-state index contributed by atoms with van der Waals surface area (Å²) in [6, 6.07) is 27.9. The smallest absolute Gasteiger partial charge is 0.272 e. The fraction of sp³-hybridized carbons (Fsp3) is 0.0968. The highest BCUT2D eigenvalue weighted by molar-refractivity contribution is 7.14. The van der Waals surface area contributed by atoms with Gasteiger partial charge in [-0.2, -0.15) is 5.10 Å². The normalized spacial score (nSPS) is 11.3. The Morgan fingerprint density at radius 3 is 2.49 bits per heavy atom. The number of ether oxygens (including phenoxy) is 1. The lowest BCUT2D eigenvalue weighted by atomic mass is 10.0. The van der Waals surface area contributed by atoms with Gasteiger partial charge in [0, 0.05) is 21.5 Å². The summed E-state index contributed by atoms with van der Waals surface area (Å²) in [5.41, 5.74) is 7.25. The highest BCUT2D eigenvalue weighted by Crippen LogP contribution is 2.31. The first-order valence-corrected chi connectivity index (χ1v) is 13.1. The number of hydrogen-bond donors (Lipinski definition) is 2. The van der Waals surface area contributed by atoms with Crippen LogP contribution in [0.25, 0.3) is 22.2 Å². The van der Waals surface area contributed by atoms with Gasteiger partial charge in [0.05, 0.1) is 34.5 Å². The average molecular weight is 535 g/mol. The van der Waals surface area contributed by atoms with Crippen LogP contribution >= 0.6 is 11.3 Å². The van der Waals surface area contributed by atoms with Crippen LogP contribution in [0.1, 0.15) is 37.4 Å². The van der Waals surface area contributed by atoms with Crippen molar-refractivity contribution in [3.05, 3.63) is 112 Å². The predicted molar refractivity (Wildman–Crippen MR) is 157 cm³/mol. The van der Waals surface area contributed by atoms with Crippen molar-refractivity contribution in [2.45, 2.75) is 13.8 Å². The van der Waals surface area contributed by atoms with Crippen molar-refractivity contribution in [1.29, 1.82) is 0 Å². The van der Waals surface area contributed by atoms with Gasteiger partial charge in [0.2, 0.25) is 0 Å². The molecule has 7 nitrogen and oxygen atoms in total. The van der Waals surface area contributed by atoms with Gasteiger partial charge in [-0.15, -0.1) is 11.3 Å². The van der Waals surface area contributed by atoms with Crippen molar-refractivity contribution in [2.75, 3.05) is 12.4 Å². The SMILES string of the molecule is COc1ccccc1-c1cc(C(=O)NN=C(C)c2cccc(NC(=O)c3ccc(C)s3)c2)c2ccccc2n1. The number of aromatic nitrogens is 1. The van der Waals surface area contributed by atoms with Crippen LogP contribution in [0.15, 0.2) is 96.1 Å². The highest BCUT2D eigenvalue weighted by Gasteiger charge is 2.16. The molecule has 0 saturated heterocycles. The van der Waals surface area contributed by atoms with E-state index >= 15 is 0 Å². The summed E-state index contributed by atoms with van der Waals surface area (Å²) in [4.78, 5) is 32.4. The number of anilines is 1. The lowest BCUT2D eigenvalue weighted by Crippen LogP contribution is -2.20. The van der Waals surface area contributed by atoms with E-state index in [0.717, 1.165) is 21.4 Å². The standard InChI is InChI=1S/C31H26N4O3S/c1-19-15-16-29(39-19)31(37)32-22-10-8-9-21(17-22)20(2)34-35-30(36)25-18-27(24-12-5-7-14-28(24)38-3)33-26-13-6-4-11-23(25)26/h4-18H,1-3H3,(H,32,37)(H,35,36). The van der Waals surface area contributed by atoms with Crippen LogP contribution in [-0.2, 0) is 0 Å². The summed E-state index contributed by atoms with van der Waals surface area (Å²) in [6.45, 7) is 3.76. The number of aryl methyl sites for hydroxylation is 1. The van der Waals surface area contributed by atoms with Crippen LogP contribution in [-0.4, -0.2) is 29.6 Å². The zero-order valence-electron chi connectivity index (χ0n) is 21.7. The Balaban J connectivity index is 1.40. The largest absolute Gasteiger partial charge is 0.496 e. The van der Waals surface area contributed by atoms with Gasteiger partial charge >= 0.3 is 0 Å². The first-order chi connectivity index (χ1) is 18.9. The number of nitrogens with zero attached hydrogens (tertiary/aromatic N) is 2. The van der Waals surface area contributed by atoms with Crippen LogP contribution in [0.3, 0.4) is 0 Å². The van der Waals surface area contributed by atoms with Crippen LogP contribution in [0.4, 0.5) is 5.69 Å². The molecule has 8 heteroatoms. The predicted octanol–water partition coefficient (Wildman–Crippen LogP) is 6.69. The number of rotatable bonds is 7. The Morgan fingerprint density at radius 1 is 0.897 bits per heavy atom. The number of hydrazone groups is 1. The quantitative estimate of drug-likeness (QED) is 0.180. The minimum Gasteiger partial charge on any atom is -0.496 e. The van der Waals surface area contributed by atoms with E-state index in [4.69, 9.17) is 9.72 Å². The molecule has 3 aromatic carbocycles. The molecule has 0 fully saturated rings. The van der Waals surface area contributed by atoms with Crippen LogP contribution in [0.5, 0.6) is 5.75 Å². The van der Waals surface area contributed by atoms with Gasteiger partial charge < -0.3 is 10.1 Å². The zero-order chi connectivity index (χ0) is 27.4. The van der Waals surface area contributed by atoms with Gasteiger partial charge in [-0.25, -0.2) is 10.4 Å². The average Bonchev–Trinajstić information content (AvgIpc) is 3.41. The molecule has 0 unspecified atom stereocenters. The molecule has 2 heterocycles. The van der Waals surface area contributed by atoms with Crippen molar-refractivity contribution in [1.82, 2.24) is 10.4 Å². The molecule has 0 saturated carbocycles. The maximum absolute atomic E-state index is 13.4. The van der Waals surface area contributed by atoms with Crippen molar-refractivity contribution in [3.63, 3.8) is 0 Å². The van der Waals surface area contributed by atoms with E-state index < -0.39 is 0 Å². The Bertz CT molecular complexity index is 1720. The zero-order valence-corrected chi connectivity index (χ0v) is 22.5. The summed E-state index contributed by atoms with van der Waals surface area (Å²) in [7, 11) is 1.61. The number of fused-ring (bicyclic) bond motifs is 1. The van der Waals surface area contributed by atoms with E-state index in [1.165, 1.54) is 11.3 Å². The Kier molecular flexibility index (Phi) is 7.47. The summed E-state index contributed by atoms with van der Waals surface area (Å²) in [5, 5.41) is 8.00. The van der Waals surface area contributed by atoms with E-state index in [1.807, 2.05) is 91.9 Å². The van der Waals surface area contributed by atoms with Gasteiger partial charge in [0.25, 0.3) is 11.8 Å². The van der Waals surface area contributed by atoms with Gasteiger partial charge in [0.15, 0.2) is 0 Å². The van der Waals surface area contributed by atoms with E-state index in [1.54, 1.807) is 20.1 Å². The maximum atomic E-state index is 13.4. The number of carbonyl (C=O) groups excluding carboxylic acids is 2. The lowest BCUT2D eigenvalue weighted by Gasteiger charge is -2.12. The highest BCUT2D eigenvalue weighted by atomic mass is 32.1. The molecule has 0 spiro atoms. The van der Waals surface area contributed by atoms with Crippen LogP contribution in [0, 0.1) is 6.92 Å². The molecule has 0 radical (unpaired) electrons. The summed E-state index contributed by atoms with van der Waals surface area (Å²) in [6.07, 6.45) is 0. The van der Waals surface area contributed by atoms with Crippen molar-refractivity contribution < 1.29 is 14.3 Å². The van der Waals surface area contributed by atoms with Gasteiger partial charge in [0.1, 0.15) is 5.75 Å². The summed E-state index contributed by atoms with van der Waals surface area (Å²) >= 11 is 1.44. The molecule has 2 N–H and O–H groups in total. The molecule has 0 atom stereocenters. The molecule has 5 rings (SSSR count). The van der Waals surface area contributed by atoms with Crippen molar-refractivity contribution in [2.24, 2.45) is 5.10 Å². The third-order valence-corrected chi connectivity index (χ3v) is 7.17. The van der Waals surface area contributed by atoms with Gasteiger partial charge in [-0.05, 0) is 67.9 Å². The minimum absolute atomic E-state index is 0.163. The molecule has 2 amide bonds. The van der Waals surface area contributed by atoms with E-state index in [0.29, 0.717) is 38.8 Å². The molecule has 39 heavy (non-hydrogen) atoms. The molecular formula is C31H26N4O3S. The number of amides is 2. The van der Waals surface area contributed by atoms with E-state index in [-0.39, 0.29) is 11.8 Å². The topological polar surface area (TPSA) is 92.7 Å². The first-order valence-electron chi connectivity index (χ1n) is 12.3. The number of benzene rings is 3. The number of carbonyl (C=O) groups is 2. The van der Waals surface area contributed by atoms with Crippen LogP contribution < -0.4 is 15.5 Å². The summed E-state index contributed by atoms with van der Waals surface area (Å²) in [5.74, 6) is 0.145. The third-order valence-electron chi connectivity index (χ3n) is 6.17. The Morgan fingerprint density at radius 2 is 1.69 bits per heavy atom. The fourth-order valence-corrected chi connectivity index (χ4v) is 4.95. The molecule has 5 aromatic rings. The molecule has 0 aliphatic rings. The molecular weight excluding hydrogens is 508 g/mol. The van der Waals surface area contributed by atoms with Gasteiger partial charge in [-0.3, -0.25) is 9.59 Å². The molecule has 2 aromatic heterocycles. The number of hydrogen-bond acceptors (Lipinski definition) is 6. The number of para-hydroxylation sites is 2. The minimum atomic E-state index is -0.360. The van der Waals surface area contributed by atoms with Crippen molar-refractivity contribution >= 4 is 45.5 Å². The third kappa shape index (κ3) is 5.71. The second kappa shape index (κ2) is 11.3. The Labute approximate surface area is 230 Å². The van der Waals surface area contributed by atoms with Gasteiger partial charge in [-0.1, -0.05) is 42.5 Å². The first kappa shape index (κ1) is 25.8. The Hall–Kier alpha value is -4.82. The lowest BCUT2D eigenvalue weighted by molar-refractivity contribution is 0.0955. The van der Waals surface area contributed by atoms with E-state index in [2.05, 4.69) is 15.8 Å². The second-order valence-electron chi connectivity index (χ2n) is 8.86. The number of pyridine rings is 1. The monoisotopic (exact) mass is 534 g/mol. The second-order valence-corrected chi connectivity index (χ2v) is 10.1. The number of methoxy groups -OCH3 is 1. The molecule has 194 valence electrons. The maximum Gasteiger partial charge on any atom is 0.272 e. The van der Waals surface area contributed by atoms with Crippen LogP contribution in [0.2, 0.25) is 0 Å². The van der Waals surface area contributed by atoms with Crippen molar-refractivity contribution in [3.8, 4) is 17.0 Å².